The summed E-state index contributed by atoms with van der Waals surface area (Å²) >= 11 is 0. The van der Waals surface area contributed by atoms with Gasteiger partial charge in [0.1, 0.15) is 0 Å². The molecule has 6 nitrogen and oxygen atoms in total. The van der Waals surface area contributed by atoms with Gasteiger partial charge >= 0.3 is 11.7 Å². The molecule has 0 atom stereocenters. The number of benzene rings is 1. The Morgan fingerprint density at radius 2 is 2.28 bits per heavy atom. The number of nitrogens with zero attached hydrogens (tertiary/aromatic N) is 1. The monoisotopic (exact) mass is 253 g/mol. The van der Waals surface area contributed by atoms with Crippen LogP contribution in [-0.2, 0) is 9.53 Å². The van der Waals surface area contributed by atoms with E-state index in [-0.39, 0.29) is 12.2 Å². The van der Waals surface area contributed by atoms with Gasteiger partial charge in [-0.05, 0) is 13.0 Å². The van der Waals surface area contributed by atoms with E-state index in [4.69, 9.17) is 5.11 Å². The zero-order valence-electron chi connectivity index (χ0n) is 9.27. The van der Waals surface area contributed by atoms with Crippen LogP contribution in [0.2, 0.25) is 0 Å². The first-order valence-electron chi connectivity index (χ1n) is 4.81. The van der Waals surface area contributed by atoms with Gasteiger partial charge in [-0.3, -0.25) is 10.1 Å². The molecule has 0 saturated carbocycles. The highest BCUT2D eigenvalue weighted by Gasteiger charge is 2.18. The van der Waals surface area contributed by atoms with Gasteiger partial charge in [0.25, 0.3) is 0 Å². The molecule has 1 aromatic carbocycles. The van der Waals surface area contributed by atoms with E-state index in [1.165, 1.54) is 0 Å². The van der Waals surface area contributed by atoms with Crippen molar-refractivity contribution in [2.24, 2.45) is 0 Å². The Balaban J connectivity index is 3.12. The maximum absolute atomic E-state index is 13.1. The molecule has 0 unspecified atom stereocenters. The van der Waals surface area contributed by atoms with Crippen molar-refractivity contribution in [2.75, 3.05) is 6.61 Å². The van der Waals surface area contributed by atoms with Gasteiger partial charge in [0, 0.05) is 17.6 Å². The van der Waals surface area contributed by atoms with E-state index >= 15 is 0 Å². The number of rotatable bonds is 2. The highest BCUT2D eigenvalue weighted by Crippen LogP contribution is 2.29. The molecule has 0 radical (unpaired) electrons. The van der Waals surface area contributed by atoms with Crippen molar-refractivity contribution in [1.82, 2.24) is 0 Å². The molecule has 7 heteroatoms. The Labute approximate surface area is 101 Å². The second kappa shape index (κ2) is 5.63. The van der Waals surface area contributed by atoms with Crippen LogP contribution in [0, 0.1) is 27.8 Å². The maximum atomic E-state index is 13.1. The Kier molecular flexibility index (Phi) is 4.21. The van der Waals surface area contributed by atoms with Crippen molar-refractivity contribution in [3.05, 3.63) is 33.6 Å². The summed E-state index contributed by atoms with van der Waals surface area (Å²) in [6.45, 7) is 1.72. The van der Waals surface area contributed by atoms with Crippen LogP contribution in [0.25, 0.3) is 0 Å². The Bertz CT molecular complexity index is 559. The third kappa shape index (κ3) is 3.18. The lowest BCUT2D eigenvalue weighted by Crippen LogP contribution is -1.99. The van der Waals surface area contributed by atoms with Crippen LogP contribution in [0.5, 0.6) is 5.75 Å². The predicted octanol–water partition coefficient (Wildman–Crippen LogP) is 1.35. The average molecular weight is 253 g/mol. The zero-order valence-corrected chi connectivity index (χ0v) is 9.27. The van der Waals surface area contributed by atoms with E-state index in [0.29, 0.717) is 0 Å². The lowest BCUT2D eigenvalue weighted by Gasteiger charge is -1.98. The molecular weight excluding hydrogens is 245 g/mol. The number of carbonyl (C=O) groups excluding carboxylic acids is 1. The maximum Gasteiger partial charge on any atom is 0.384 e. The number of carbonyl (C=O) groups is 1. The van der Waals surface area contributed by atoms with Gasteiger partial charge in [-0.15, -0.1) is 0 Å². The van der Waals surface area contributed by atoms with Crippen LogP contribution in [0.1, 0.15) is 12.5 Å². The lowest BCUT2D eigenvalue weighted by molar-refractivity contribution is -0.386. The van der Waals surface area contributed by atoms with Gasteiger partial charge < -0.3 is 9.84 Å². The molecule has 0 aliphatic carbocycles. The van der Waals surface area contributed by atoms with Crippen LogP contribution < -0.4 is 0 Å². The number of nitro benzene ring substituents is 1. The number of phenols is 1. The zero-order chi connectivity index (χ0) is 13.7. The largest absolute Gasteiger partial charge is 0.500 e. The van der Waals surface area contributed by atoms with E-state index in [0.717, 1.165) is 12.1 Å². The van der Waals surface area contributed by atoms with Crippen molar-refractivity contribution in [2.45, 2.75) is 6.92 Å². The molecule has 94 valence electrons. The summed E-state index contributed by atoms with van der Waals surface area (Å²) in [6, 6.07) is 1.65. The molecule has 0 bridgehead atoms. The van der Waals surface area contributed by atoms with Gasteiger partial charge in [-0.25, -0.2) is 9.18 Å². The summed E-state index contributed by atoms with van der Waals surface area (Å²) in [5.41, 5.74) is -0.923. The fourth-order valence-electron chi connectivity index (χ4n) is 1.09. The van der Waals surface area contributed by atoms with Crippen molar-refractivity contribution < 1.29 is 24.0 Å². The number of nitro groups is 1. The second-order valence-electron chi connectivity index (χ2n) is 3.05. The van der Waals surface area contributed by atoms with Crippen molar-refractivity contribution in [3.8, 4) is 17.6 Å². The predicted molar refractivity (Wildman–Crippen MR) is 58.2 cm³/mol. The van der Waals surface area contributed by atoms with Crippen molar-refractivity contribution in [1.29, 1.82) is 0 Å². The first-order valence-corrected chi connectivity index (χ1v) is 4.81. The van der Waals surface area contributed by atoms with Crippen LogP contribution in [0.15, 0.2) is 12.1 Å². The molecule has 1 rings (SSSR count). The van der Waals surface area contributed by atoms with Gasteiger partial charge in [-0.2, -0.15) is 0 Å². The smallest absolute Gasteiger partial charge is 0.384 e. The van der Waals surface area contributed by atoms with Crippen molar-refractivity contribution in [3.63, 3.8) is 0 Å². The van der Waals surface area contributed by atoms with Crippen LogP contribution >= 0.6 is 0 Å². The summed E-state index contributed by atoms with van der Waals surface area (Å²) < 4.78 is 17.6. The number of halogens is 1. The quantitative estimate of drug-likeness (QED) is 0.372. The minimum absolute atomic E-state index is 0.106. The summed E-state index contributed by atoms with van der Waals surface area (Å²) in [7, 11) is 0. The van der Waals surface area contributed by atoms with Crippen LogP contribution in [0.3, 0.4) is 0 Å². The van der Waals surface area contributed by atoms with E-state index in [1.807, 2.05) is 5.92 Å². The molecule has 1 N–H and O–H groups in total. The minimum atomic E-state index is -1.18. The summed E-state index contributed by atoms with van der Waals surface area (Å²) in [6.07, 6.45) is 0. The number of esters is 1. The Morgan fingerprint density at radius 3 is 2.83 bits per heavy atom. The highest BCUT2D eigenvalue weighted by atomic mass is 19.1. The third-order valence-corrected chi connectivity index (χ3v) is 1.82. The number of hydrogen-bond donors (Lipinski definition) is 1. The molecule has 0 aromatic heterocycles. The lowest BCUT2D eigenvalue weighted by atomic mass is 10.2. The topological polar surface area (TPSA) is 89.7 Å². The second-order valence-corrected chi connectivity index (χ2v) is 3.05. The first-order chi connectivity index (χ1) is 8.45. The van der Waals surface area contributed by atoms with Crippen molar-refractivity contribution >= 4 is 11.7 Å². The number of ether oxygens (including phenoxy) is 1. The molecule has 0 saturated heterocycles. The number of aromatic hydroxyl groups is 1. The fraction of sp³-hybridized carbons (Fsp3) is 0.182. The standard InChI is InChI=1S/C11H8FNO5/c1-2-18-10(14)4-3-7-5-8(12)11(15)9(6-7)13(16)17/h5-6,15H,2H2,1H3. The SMILES string of the molecule is CCOC(=O)C#Cc1cc(F)c(O)c([N+](=O)[O-])c1. The molecule has 0 amide bonds. The molecule has 0 fully saturated rings. The molecule has 0 aliphatic heterocycles. The third-order valence-electron chi connectivity index (χ3n) is 1.82. The van der Waals surface area contributed by atoms with E-state index in [1.54, 1.807) is 6.92 Å². The number of phenolic OH excluding ortho intramolecular Hbond substituents is 1. The summed E-state index contributed by atoms with van der Waals surface area (Å²) in [5.74, 6) is 1.17. The fourth-order valence-corrected chi connectivity index (χ4v) is 1.09. The van der Waals surface area contributed by atoms with Gasteiger partial charge in [-0.1, -0.05) is 5.92 Å². The molecule has 0 spiro atoms. The highest BCUT2D eigenvalue weighted by molar-refractivity contribution is 5.89. The number of hydrogen-bond acceptors (Lipinski definition) is 5. The van der Waals surface area contributed by atoms with Gasteiger partial charge in [0.2, 0.25) is 5.75 Å². The van der Waals surface area contributed by atoms with Crippen LogP contribution in [-0.4, -0.2) is 22.6 Å². The van der Waals surface area contributed by atoms with E-state index in [2.05, 4.69) is 10.7 Å². The summed E-state index contributed by atoms with van der Waals surface area (Å²) in [5, 5.41) is 19.6. The van der Waals surface area contributed by atoms with E-state index < -0.39 is 28.1 Å². The van der Waals surface area contributed by atoms with Gasteiger partial charge in [0.05, 0.1) is 11.5 Å². The van der Waals surface area contributed by atoms with Crippen LogP contribution in [0.4, 0.5) is 10.1 Å². The minimum Gasteiger partial charge on any atom is -0.500 e. The normalized spacial score (nSPS) is 9.22. The Hall–Kier alpha value is -2.62. The summed E-state index contributed by atoms with van der Waals surface area (Å²) in [4.78, 5) is 20.5. The molecule has 18 heavy (non-hydrogen) atoms. The average Bonchev–Trinajstić information content (AvgIpc) is 2.30. The molecule has 0 heterocycles. The molecule has 0 aliphatic rings. The van der Waals surface area contributed by atoms with Gasteiger partial charge in [0.15, 0.2) is 5.82 Å². The first kappa shape index (κ1) is 13.4. The molecular formula is C11H8FNO5. The van der Waals surface area contributed by atoms with E-state index in [9.17, 15) is 19.3 Å². The molecule has 1 aromatic rings. The Morgan fingerprint density at radius 1 is 1.61 bits per heavy atom.